The van der Waals surface area contributed by atoms with E-state index in [-0.39, 0.29) is 20.1 Å². The molecule has 1 radical (unpaired) electrons. The van der Waals surface area contributed by atoms with Gasteiger partial charge in [0.15, 0.2) is 0 Å². The Hall–Kier alpha value is -4.95. The predicted molar refractivity (Wildman–Crippen MR) is 172 cm³/mol. The van der Waals surface area contributed by atoms with E-state index >= 15 is 0 Å². The molecule has 2 nitrogen and oxygen atoms in total. The number of pyridine rings is 2. The first-order valence-corrected chi connectivity index (χ1v) is 13.7. The summed E-state index contributed by atoms with van der Waals surface area (Å²) in [6.07, 6.45) is 3.58. The molecule has 7 rings (SSSR count). The fourth-order valence-corrected chi connectivity index (χ4v) is 4.11. The zero-order chi connectivity index (χ0) is 28.7. The van der Waals surface area contributed by atoms with Crippen LogP contribution in [0.5, 0.6) is 0 Å². The minimum atomic E-state index is 0. The molecule has 5 aromatic carbocycles. The van der Waals surface area contributed by atoms with Gasteiger partial charge in [0.05, 0.1) is 0 Å². The van der Waals surface area contributed by atoms with Gasteiger partial charge in [-0.15, -0.1) is 95.6 Å². The zero-order valence-corrected chi connectivity index (χ0v) is 25.8. The number of rotatable bonds is 4. The maximum absolute atomic E-state index is 4.22. The third-order valence-electron chi connectivity index (χ3n) is 6.22. The van der Waals surface area contributed by atoms with E-state index < -0.39 is 0 Å². The first kappa shape index (κ1) is 31.0. The third-order valence-corrected chi connectivity index (χ3v) is 6.22. The fraction of sp³-hybridized carbons (Fsp3) is 0. The zero-order valence-electron chi connectivity index (χ0n) is 23.4. The van der Waals surface area contributed by atoms with E-state index in [0.717, 1.165) is 33.6 Å². The monoisotopic (exact) mass is 729 g/mol. The van der Waals surface area contributed by atoms with Gasteiger partial charge >= 0.3 is 0 Å². The van der Waals surface area contributed by atoms with Crippen LogP contribution >= 0.6 is 0 Å². The van der Waals surface area contributed by atoms with Crippen molar-refractivity contribution in [2.24, 2.45) is 0 Å². The quantitative estimate of drug-likeness (QED) is 0.169. The van der Waals surface area contributed by atoms with Crippen molar-refractivity contribution in [2.45, 2.75) is 0 Å². The van der Waals surface area contributed by atoms with Gasteiger partial charge in [-0.05, 0) is 23.5 Å². The van der Waals surface area contributed by atoms with Crippen molar-refractivity contribution < 1.29 is 20.1 Å². The predicted octanol–water partition coefficient (Wildman–Crippen LogP) is 9.72. The summed E-state index contributed by atoms with van der Waals surface area (Å²) in [7, 11) is 0. The van der Waals surface area contributed by atoms with Crippen molar-refractivity contribution in [3.63, 3.8) is 0 Å². The van der Waals surface area contributed by atoms with Crippen molar-refractivity contribution in [2.75, 3.05) is 0 Å². The molecular weight excluding hydrogens is 701 g/mol. The first-order chi connectivity index (χ1) is 20.9. The van der Waals surface area contributed by atoms with Crippen LogP contribution in [0.15, 0.2) is 170 Å². The van der Waals surface area contributed by atoms with E-state index in [2.05, 4.69) is 58.5 Å². The number of benzene rings is 5. The summed E-state index contributed by atoms with van der Waals surface area (Å²) < 4.78 is 0. The van der Waals surface area contributed by atoms with Crippen LogP contribution in [0, 0.1) is 24.3 Å². The summed E-state index contributed by atoms with van der Waals surface area (Å²) >= 11 is 0. The summed E-state index contributed by atoms with van der Waals surface area (Å²) in [5.41, 5.74) is 8.59. The van der Waals surface area contributed by atoms with Gasteiger partial charge in [-0.25, -0.2) is 11.1 Å². The van der Waals surface area contributed by atoms with E-state index in [1.165, 1.54) is 11.1 Å². The Balaban J connectivity index is 0.000000151. The van der Waals surface area contributed by atoms with Crippen molar-refractivity contribution in [1.82, 2.24) is 9.97 Å². The molecule has 2 aromatic heterocycles. The molecule has 0 atom stereocenters. The minimum absolute atomic E-state index is 0. The Morgan fingerprint density at radius 1 is 0.349 bits per heavy atom. The molecular formula is C40H28IrN2-4. The normalized spacial score (nSPS) is 9.67. The van der Waals surface area contributed by atoms with Gasteiger partial charge in [-0.1, -0.05) is 60.2 Å². The molecule has 0 bridgehead atoms. The van der Waals surface area contributed by atoms with E-state index in [4.69, 9.17) is 0 Å². The number of hydrogen-bond donors (Lipinski definition) is 0. The summed E-state index contributed by atoms with van der Waals surface area (Å²) in [6, 6.07) is 64.7. The van der Waals surface area contributed by atoms with Gasteiger partial charge in [-0.3, -0.25) is 0 Å². The van der Waals surface area contributed by atoms with E-state index in [1.54, 1.807) is 12.4 Å². The molecule has 0 amide bonds. The average Bonchev–Trinajstić information content (AvgIpc) is 3.11. The maximum atomic E-state index is 4.22. The molecule has 211 valence electrons. The summed E-state index contributed by atoms with van der Waals surface area (Å²) in [5.74, 6) is 0. The van der Waals surface area contributed by atoms with Gasteiger partial charge in [0.2, 0.25) is 0 Å². The van der Waals surface area contributed by atoms with Gasteiger partial charge < -0.3 is 9.97 Å². The van der Waals surface area contributed by atoms with E-state index in [1.807, 2.05) is 133 Å². The van der Waals surface area contributed by atoms with Crippen molar-refractivity contribution >= 4 is 0 Å². The molecule has 7 aromatic rings. The topological polar surface area (TPSA) is 25.8 Å². The molecule has 0 aliphatic carbocycles. The Bertz CT molecular complexity index is 1500. The molecule has 43 heavy (non-hydrogen) atoms. The second kappa shape index (κ2) is 17.1. The SMILES string of the molecule is [Ir].[c-]1ccccc1-c1[c-]cc(-c2ccccc2)cc1.[c-]1ccccc1-c1ccccn1.[c-]1ccccc1-c1ccccn1. The van der Waals surface area contributed by atoms with Crippen LogP contribution in [0.2, 0.25) is 0 Å². The number of hydrogen-bond acceptors (Lipinski definition) is 2. The number of aromatic nitrogens is 2. The van der Waals surface area contributed by atoms with Gasteiger partial charge in [-0.2, -0.15) is 36.4 Å². The summed E-state index contributed by atoms with van der Waals surface area (Å²) in [4.78, 5) is 8.44. The fourth-order valence-electron chi connectivity index (χ4n) is 4.11. The summed E-state index contributed by atoms with van der Waals surface area (Å²) in [5, 5.41) is 0. The largest absolute Gasteiger partial charge is 0.305 e. The van der Waals surface area contributed by atoms with E-state index in [9.17, 15) is 0 Å². The van der Waals surface area contributed by atoms with E-state index in [0.29, 0.717) is 0 Å². The van der Waals surface area contributed by atoms with Crippen LogP contribution in [0.4, 0.5) is 0 Å². The van der Waals surface area contributed by atoms with Gasteiger partial charge in [0, 0.05) is 32.5 Å². The summed E-state index contributed by atoms with van der Waals surface area (Å²) in [6.45, 7) is 0. The minimum Gasteiger partial charge on any atom is -0.305 e. The Morgan fingerprint density at radius 2 is 0.814 bits per heavy atom. The molecule has 3 heteroatoms. The Morgan fingerprint density at radius 3 is 1.23 bits per heavy atom. The molecule has 0 saturated carbocycles. The molecule has 0 aliphatic rings. The molecule has 0 spiro atoms. The van der Waals surface area contributed by atoms with Crippen LogP contribution in [0.3, 0.4) is 0 Å². The molecule has 0 unspecified atom stereocenters. The second-order valence-electron chi connectivity index (χ2n) is 9.12. The number of nitrogens with zero attached hydrogens (tertiary/aromatic N) is 2. The molecule has 0 fully saturated rings. The van der Waals surface area contributed by atoms with Crippen molar-refractivity contribution in [3.05, 3.63) is 194 Å². The smallest absolute Gasteiger partial charge is 0.0160 e. The van der Waals surface area contributed by atoms with Gasteiger partial charge in [0.25, 0.3) is 0 Å². The third kappa shape index (κ3) is 9.55. The van der Waals surface area contributed by atoms with Crippen LogP contribution in [0.25, 0.3) is 44.8 Å². The average molecular weight is 729 g/mol. The first-order valence-electron chi connectivity index (χ1n) is 13.7. The molecule has 2 heterocycles. The standard InChI is InChI=1S/C18H12.2C11H8N.Ir/c1-3-7-15(8-4-1)17-11-13-18(14-12-17)16-9-5-2-6-10-16;2*1-2-6-10(7-3-1)11-8-4-5-9-12-11;/h1-9,11-13H;2*1-6,8-9H;/q-2;2*-1;. The van der Waals surface area contributed by atoms with Gasteiger partial charge in [0.1, 0.15) is 0 Å². The van der Waals surface area contributed by atoms with Crippen LogP contribution < -0.4 is 0 Å². The second-order valence-corrected chi connectivity index (χ2v) is 9.12. The van der Waals surface area contributed by atoms with Crippen molar-refractivity contribution in [3.8, 4) is 44.8 Å². The van der Waals surface area contributed by atoms with Crippen LogP contribution in [-0.4, -0.2) is 9.97 Å². The van der Waals surface area contributed by atoms with Crippen LogP contribution in [0.1, 0.15) is 0 Å². The molecule has 0 N–H and O–H groups in total. The molecule has 0 aliphatic heterocycles. The Labute approximate surface area is 268 Å². The van der Waals surface area contributed by atoms with Crippen molar-refractivity contribution in [1.29, 1.82) is 0 Å². The van der Waals surface area contributed by atoms with Crippen LogP contribution in [-0.2, 0) is 20.1 Å². The molecule has 0 saturated heterocycles. The maximum Gasteiger partial charge on any atom is 0.0160 e. The Kier molecular flexibility index (Phi) is 12.3.